The van der Waals surface area contributed by atoms with Crippen molar-refractivity contribution >= 4 is 29.7 Å². The van der Waals surface area contributed by atoms with Crippen molar-refractivity contribution in [2.45, 2.75) is 31.5 Å². The maximum atomic E-state index is 3.39. The van der Waals surface area contributed by atoms with Crippen LogP contribution in [0.25, 0.3) is 0 Å². The van der Waals surface area contributed by atoms with Crippen LogP contribution >= 0.6 is 21.6 Å². The van der Waals surface area contributed by atoms with Gasteiger partial charge in [-0.05, 0) is 18.2 Å². The van der Waals surface area contributed by atoms with E-state index in [1.54, 1.807) is 0 Å². The van der Waals surface area contributed by atoms with Gasteiger partial charge in [0.1, 0.15) is 8.07 Å². The highest BCUT2D eigenvalue weighted by molar-refractivity contribution is 8.76. The third-order valence-corrected chi connectivity index (χ3v) is 5.00. The summed E-state index contributed by atoms with van der Waals surface area (Å²) in [5, 5.41) is 0. The lowest BCUT2D eigenvalue weighted by atomic mass is 10.2. The van der Waals surface area contributed by atoms with Crippen LogP contribution in [0.1, 0.15) is 12.5 Å². The Balaban J connectivity index is 2.77. The zero-order valence-electron chi connectivity index (χ0n) is 10.3. The third-order valence-electron chi connectivity index (χ3n) is 1.69. The molecule has 3 heteroatoms. The molecule has 0 atom stereocenters. The lowest BCUT2D eigenvalue weighted by Gasteiger charge is -2.04. The normalized spacial score (nSPS) is 10.8. The van der Waals surface area contributed by atoms with E-state index in [0.717, 1.165) is 11.3 Å². The van der Waals surface area contributed by atoms with E-state index < -0.39 is 8.07 Å². The van der Waals surface area contributed by atoms with E-state index in [0.29, 0.717) is 0 Å². The first kappa shape index (κ1) is 13.8. The van der Waals surface area contributed by atoms with Gasteiger partial charge in [-0.1, -0.05) is 60.1 Å². The maximum absolute atomic E-state index is 3.39. The zero-order valence-corrected chi connectivity index (χ0v) is 13.0. The minimum absolute atomic E-state index is 1.13. The first-order chi connectivity index (χ1) is 7.51. The molecule has 0 bridgehead atoms. The minimum atomic E-state index is -1.26. The molecule has 0 N–H and O–H groups in total. The fourth-order valence-electron chi connectivity index (χ4n) is 1.01. The fourth-order valence-corrected chi connectivity index (χ4v) is 3.17. The van der Waals surface area contributed by atoms with Gasteiger partial charge in [-0.15, -0.1) is 5.54 Å². The van der Waals surface area contributed by atoms with E-state index >= 15 is 0 Å². The molecule has 0 saturated carbocycles. The fraction of sp³-hybridized carbons (Fsp3) is 0.385. The number of benzene rings is 1. The SMILES string of the molecule is CCSSc1cccc(C#C[Si](C)(C)C)c1. The van der Waals surface area contributed by atoms with Crippen molar-refractivity contribution in [2.24, 2.45) is 0 Å². The van der Waals surface area contributed by atoms with Gasteiger partial charge in [-0.2, -0.15) is 0 Å². The summed E-state index contributed by atoms with van der Waals surface area (Å²) >= 11 is 0. The average Bonchev–Trinajstić information content (AvgIpc) is 2.23. The molecule has 0 unspecified atom stereocenters. The van der Waals surface area contributed by atoms with Gasteiger partial charge in [0.2, 0.25) is 0 Å². The van der Waals surface area contributed by atoms with E-state index in [-0.39, 0.29) is 0 Å². The van der Waals surface area contributed by atoms with Crippen LogP contribution in [-0.4, -0.2) is 13.8 Å². The van der Waals surface area contributed by atoms with E-state index in [9.17, 15) is 0 Å². The Hall–Kier alpha value is -0.303. The molecule has 0 aliphatic rings. The Labute approximate surface area is 108 Å². The standard InChI is InChI=1S/C13H18S2Si/c1-5-14-15-13-8-6-7-12(11-13)9-10-16(2,3)4/h6-8,11H,5H2,1-4H3. The lowest BCUT2D eigenvalue weighted by molar-refractivity contribution is 1.45. The Bertz CT molecular complexity index is 396. The molecule has 1 rings (SSSR count). The Morgan fingerprint density at radius 2 is 2.00 bits per heavy atom. The van der Waals surface area contributed by atoms with Crippen molar-refractivity contribution in [1.29, 1.82) is 0 Å². The van der Waals surface area contributed by atoms with Crippen LogP contribution in [0.5, 0.6) is 0 Å². The molecular weight excluding hydrogens is 248 g/mol. The van der Waals surface area contributed by atoms with Crippen molar-refractivity contribution in [3.63, 3.8) is 0 Å². The van der Waals surface area contributed by atoms with Crippen molar-refractivity contribution in [3.05, 3.63) is 29.8 Å². The zero-order chi connectivity index (χ0) is 12.0. The highest BCUT2D eigenvalue weighted by atomic mass is 33.1. The Morgan fingerprint density at radius 1 is 1.25 bits per heavy atom. The highest BCUT2D eigenvalue weighted by Crippen LogP contribution is 2.30. The third kappa shape index (κ3) is 5.69. The van der Waals surface area contributed by atoms with Crippen molar-refractivity contribution in [2.75, 3.05) is 5.75 Å². The summed E-state index contributed by atoms with van der Waals surface area (Å²) in [7, 11) is 2.44. The molecule has 86 valence electrons. The largest absolute Gasteiger partial charge is 0.129 e. The number of hydrogen-bond acceptors (Lipinski definition) is 2. The van der Waals surface area contributed by atoms with Crippen LogP contribution < -0.4 is 0 Å². The van der Waals surface area contributed by atoms with Crippen LogP contribution in [0.15, 0.2) is 29.2 Å². The highest BCUT2D eigenvalue weighted by Gasteiger charge is 2.07. The Morgan fingerprint density at radius 3 is 2.62 bits per heavy atom. The van der Waals surface area contributed by atoms with Crippen LogP contribution in [0.2, 0.25) is 19.6 Å². The van der Waals surface area contributed by atoms with Crippen molar-refractivity contribution < 1.29 is 0 Å². The molecule has 1 aromatic rings. The van der Waals surface area contributed by atoms with Gasteiger partial charge in [0.25, 0.3) is 0 Å². The molecule has 0 nitrogen and oxygen atoms in total. The van der Waals surface area contributed by atoms with E-state index in [1.807, 2.05) is 21.6 Å². The molecule has 1 aromatic carbocycles. The van der Waals surface area contributed by atoms with Crippen LogP contribution in [0.3, 0.4) is 0 Å². The molecule has 0 radical (unpaired) electrons. The van der Waals surface area contributed by atoms with Gasteiger partial charge in [0.05, 0.1) is 0 Å². The summed E-state index contributed by atoms with van der Waals surface area (Å²) in [6.07, 6.45) is 0. The summed E-state index contributed by atoms with van der Waals surface area (Å²) in [6.45, 7) is 8.98. The average molecular weight is 267 g/mol. The first-order valence-electron chi connectivity index (χ1n) is 5.44. The predicted molar refractivity (Wildman–Crippen MR) is 80.7 cm³/mol. The van der Waals surface area contributed by atoms with Gasteiger partial charge < -0.3 is 0 Å². The molecule has 0 spiro atoms. The molecule has 0 aliphatic carbocycles. The minimum Gasteiger partial charge on any atom is -0.127 e. The summed E-state index contributed by atoms with van der Waals surface area (Å²) in [4.78, 5) is 1.30. The van der Waals surface area contributed by atoms with Crippen LogP contribution in [0.4, 0.5) is 0 Å². The second-order valence-corrected chi connectivity index (χ2v) is 11.9. The van der Waals surface area contributed by atoms with Gasteiger partial charge in [-0.25, -0.2) is 0 Å². The number of rotatable bonds is 3. The van der Waals surface area contributed by atoms with Gasteiger partial charge >= 0.3 is 0 Å². The molecule has 0 aliphatic heterocycles. The van der Waals surface area contributed by atoms with Gasteiger partial charge in [0.15, 0.2) is 0 Å². The topological polar surface area (TPSA) is 0 Å². The molecule has 0 heterocycles. The summed E-state index contributed by atoms with van der Waals surface area (Å²) in [5.41, 5.74) is 4.54. The molecule has 0 fully saturated rings. The van der Waals surface area contributed by atoms with Gasteiger partial charge in [-0.3, -0.25) is 0 Å². The second-order valence-electron chi connectivity index (χ2n) is 4.52. The maximum Gasteiger partial charge on any atom is 0.129 e. The smallest absolute Gasteiger partial charge is 0.127 e. The first-order valence-corrected chi connectivity index (χ1v) is 11.3. The number of hydrogen-bond donors (Lipinski definition) is 0. The van der Waals surface area contributed by atoms with E-state index in [2.05, 4.69) is 62.3 Å². The molecule has 0 amide bonds. The lowest BCUT2D eigenvalue weighted by Crippen LogP contribution is -2.16. The van der Waals surface area contributed by atoms with E-state index in [1.165, 1.54) is 4.90 Å². The second kappa shape index (κ2) is 6.44. The van der Waals surface area contributed by atoms with Crippen LogP contribution in [-0.2, 0) is 0 Å². The summed E-state index contributed by atoms with van der Waals surface area (Å²) in [6, 6.07) is 8.51. The molecule has 0 aromatic heterocycles. The predicted octanol–water partition coefficient (Wildman–Crippen LogP) is 4.68. The quantitative estimate of drug-likeness (QED) is 0.443. The summed E-state index contributed by atoms with van der Waals surface area (Å²) < 4.78 is 0. The van der Waals surface area contributed by atoms with Crippen molar-refractivity contribution in [1.82, 2.24) is 0 Å². The summed E-state index contributed by atoms with van der Waals surface area (Å²) in [5.74, 6) is 4.42. The van der Waals surface area contributed by atoms with Crippen molar-refractivity contribution in [3.8, 4) is 11.5 Å². The van der Waals surface area contributed by atoms with Gasteiger partial charge in [0, 0.05) is 16.2 Å². The molecule has 0 saturated heterocycles. The monoisotopic (exact) mass is 266 g/mol. The van der Waals surface area contributed by atoms with E-state index in [4.69, 9.17) is 0 Å². The Kier molecular flexibility index (Phi) is 5.54. The molecule has 16 heavy (non-hydrogen) atoms. The molecular formula is C13H18S2Si. The van der Waals surface area contributed by atoms with Crippen LogP contribution in [0, 0.1) is 11.5 Å².